The molecule has 0 bridgehead atoms. The summed E-state index contributed by atoms with van der Waals surface area (Å²) >= 11 is 12.1. The van der Waals surface area contributed by atoms with Crippen molar-refractivity contribution < 1.29 is 4.21 Å². The number of halogens is 2. The second-order valence-corrected chi connectivity index (χ2v) is 6.42. The highest BCUT2D eigenvalue weighted by Gasteiger charge is 2.07. The van der Waals surface area contributed by atoms with Crippen molar-refractivity contribution in [1.82, 2.24) is 5.32 Å². The van der Waals surface area contributed by atoms with Gasteiger partial charge < -0.3 is 5.32 Å². The van der Waals surface area contributed by atoms with Gasteiger partial charge in [0.15, 0.2) is 0 Å². The summed E-state index contributed by atoms with van der Waals surface area (Å²) in [5.41, 5.74) is 0.917. The third kappa shape index (κ3) is 5.38. The molecule has 96 valence electrons. The van der Waals surface area contributed by atoms with Crippen LogP contribution in [0.4, 0.5) is 0 Å². The van der Waals surface area contributed by atoms with Crippen LogP contribution in [-0.2, 0) is 17.3 Å². The number of rotatable bonds is 6. The number of nitrogens with one attached hydrogen (secondary N) is 1. The Balaban J connectivity index is 2.47. The van der Waals surface area contributed by atoms with Crippen LogP contribution in [0.5, 0.6) is 0 Å². The molecule has 5 heteroatoms. The molecule has 0 aromatic heterocycles. The zero-order chi connectivity index (χ0) is 12.8. The predicted octanol–water partition coefficient (Wildman–Crippen LogP) is 3.24. The lowest BCUT2D eigenvalue weighted by atomic mass is 10.2. The fourth-order valence-corrected chi connectivity index (χ4v) is 2.64. The van der Waals surface area contributed by atoms with Gasteiger partial charge >= 0.3 is 0 Å². The van der Waals surface area contributed by atoms with E-state index in [-0.39, 0.29) is 0 Å². The second-order valence-electron chi connectivity index (χ2n) is 4.05. The van der Waals surface area contributed by atoms with E-state index in [4.69, 9.17) is 23.2 Å². The Morgan fingerprint density at radius 2 is 1.94 bits per heavy atom. The summed E-state index contributed by atoms with van der Waals surface area (Å²) in [7, 11) is -0.735. The summed E-state index contributed by atoms with van der Waals surface area (Å²) < 4.78 is 11.0. The van der Waals surface area contributed by atoms with Crippen molar-refractivity contribution in [3.05, 3.63) is 33.8 Å². The van der Waals surface area contributed by atoms with E-state index in [0.717, 1.165) is 12.0 Å². The molecule has 2 unspecified atom stereocenters. The van der Waals surface area contributed by atoms with Crippen molar-refractivity contribution >= 4 is 34.0 Å². The monoisotopic (exact) mass is 293 g/mol. The first-order chi connectivity index (χ1) is 8.00. The predicted molar refractivity (Wildman–Crippen MR) is 76.3 cm³/mol. The van der Waals surface area contributed by atoms with Crippen molar-refractivity contribution in [1.29, 1.82) is 0 Å². The molecule has 0 spiro atoms. The summed E-state index contributed by atoms with van der Waals surface area (Å²) in [5.74, 6) is 0.713. The fourth-order valence-electron chi connectivity index (χ4n) is 1.42. The topological polar surface area (TPSA) is 29.1 Å². The summed E-state index contributed by atoms with van der Waals surface area (Å²) in [6.45, 7) is 2.70. The van der Waals surface area contributed by atoms with Gasteiger partial charge in [0.25, 0.3) is 0 Å². The number of benzene rings is 1. The minimum absolute atomic E-state index is 0.297. The zero-order valence-corrected chi connectivity index (χ0v) is 12.3. The van der Waals surface area contributed by atoms with Gasteiger partial charge in [0.1, 0.15) is 0 Å². The molecule has 0 saturated carbocycles. The van der Waals surface area contributed by atoms with Crippen LogP contribution in [0.1, 0.15) is 18.9 Å². The molecular formula is C12H17Cl2NOS. The molecule has 0 saturated heterocycles. The van der Waals surface area contributed by atoms with Crippen LogP contribution >= 0.6 is 23.2 Å². The van der Waals surface area contributed by atoms with E-state index in [1.165, 1.54) is 0 Å². The molecule has 1 aromatic carbocycles. The van der Waals surface area contributed by atoms with Gasteiger partial charge in [0.05, 0.1) is 0 Å². The third-order valence-electron chi connectivity index (χ3n) is 2.53. The van der Waals surface area contributed by atoms with Gasteiger partial charge in [0.2, 0.25) is 0 Å². The molecule has 1 N–H and O–H groups in total. The summed E-state index contributed by atoms with van der Waals surface area (Å²) in [4.78, 5) is 0. The van der Waals surface area contributed by atoms with Gasteiger partial charge in [-0.2, -0.15) is 0 Å². The van der Waals surface area contributed by atoms with Crippen LogP contribution in [0, 0.1) is 0 Å². The van der Waals surface area contributed by atoms with Crippen LogP contribution in [-0.4, -0.2) is 22.3 Å². The van der Waals surface area contributed by atoms with E-state index in [1.807, 2.05) is 18.2 Å². The first kappa shape index (κ1) is 15.0. The van der Waals surface area contributed by atoms with Crippen molar-refractivity contribution in [3.8, 4) is 0 Å². The maximum absolute atomic E-state index is 11.0. The Bertz CT molecular complexity index is 378. The quantitative estimate of drug-likeness (QED) is 0.872. The molecule has 0 aliphatic heterocycles. The standard InChI is InChI=1S/C12H17Cl2NOS/c1-9(6-7-17(2)16)15-8-10-11(13)4-3-5-12(10)14/h3-5,9,15H,6-8H2,1-2H3. The minimum Gasteiger partial charge on any atom is -0.310 e. The largest absolute Gasteiger partial charge is 0.310 e. The average molecular weight is 294 g/mol. The van der Waals surface area contributed by atoms with Crippen LogP contribution in [0.2, 0.25) is 10.0 Å². The highest BCUT2D eigenvalue weighted by atomic mass is 35.5. The van der Waals surface area contributed by atoms with Crippen LogP contribution in [0.3, 0.4) is 0 Å². The van der Waals surface area contributed by atoms with Crippen LogP contribution in [0.15, 0.2) is 18.2 Å². The lowest BCUT2D eigenvalue weighted by Gasteiger charge is -2.14. The summed E-state index contributed by atoms with van der Waals surface area (Å²) in [6, 6.07) is 5.79. The molecule has 0 aliphatic rings. The van der Waals surface area contributed by atoms with E-state index in [2.05, 4.69) is 12.2 Å². The lowest BCUT2D eigenvalue weighted by Crippen LogP contribution is -2.27. The molecule has 0 fully saturated rings. The highest BCUT2D eigenvalue weighted by Crippen LogP contribution is 2.23. The van der Waals surface area contributed by atoms with Crippen molar-refractivity contribution in [2.75, 3.05) is 12.0 Å². The summed E-state index contributed by atoms with van der Waals surface area (Å²) in [6.07, 6.45) is 2.60. The molecule has 0 aliphatic carbocycles. The van der Waals surface area contributed by atoms with Gasteiger partial charge in [0, 0.05) is 51.0 Å². The minimum atomic E-state index is -0.735. The van der Waals surface area contributed by atoms with Gasteiger partial charge in [-0.15, -0.1) is 0 Å². The zero-order valence-electron chi connectivity index (χ0n) is 10.0. The molecule has 0 heterocycles. The maximum atomic E-state index is 11.0. The number of hydrogen-bond donors (Lipinski definition) is 1. The summed E-state index contributed by atoms with van der Waals surface area (Å²) in [5, 5.41) is 4.69. The normalized spacial score (nSPS) is 14.6. The van der Waals surface area contributed by atoms with Crippen molar-refractivity contribution in [3.63, 3.8) is 0 Å². The Labute approximate surface area is 115 Å². The second kappa shape index (κ2) is 7.37. The van der Waals surface area contributed by atoms with Crippen LogP contribution < -0.4 is 5.32 Å². The molecule has 1 aromatic rings. The first-order valence-corrected chi connectivity index (χ1v) is 7.95. The van der Waals surface area contributed by atoms with Crippen molar-refractivity contribution in [2.45, 2.75) is 25.9 Å². The molecule has 0 radical (unpaired) electrons. The molecule has 2 nitrogen and oxygen atoms in total. The van der Waals surface area contributed by atoms with E-state index in [1.54, 1.807) is 6.26 Å². The Kier molecular flexibility index (Phi) is 6.49. The Morgan fingerprint density at radius 1 is 1.35 bits per heavy atom. The molecular weight excluding hydrogens is 277 g/mol. The molecule has 17 heavy (non-hydrogen) atoms. The van der Waals surface area contributed by atoms with Gasteiger partial charge in [-0.25, -0.2) is 0 Å². The third-order valence-corrected chi connectivity index (χ3v) is 4.05. The molecule has 2 atom stereocenters. The smallest absolute Gasteiger partial charge is 0.0465 e. The Hall–Kier alpha value is -0.0900. The van der Waals surface area contributed by atoms with Crippen molar-refractivity contribution in [2.24, 2.45) is 0 Å². The fraction of sp³-hybridized carbons (Fsp3) is 0.500. The Morgan fingerprint density at radius 3 is 2.47 bits per heavy atom. The van der Waals surface area contributed by atoms with Gasteiger partial charge in [-0.1, -0.05) is 29.3 Å². The van der Waals surface area contributed by atoms with E-state index < -0.39 is 10.8 Å². The first-order valence-electron chi connectivity index (χ1n) is 5.47. The van der Waals surface area contributed by atoms with E-state index in [0.29, 0.717) is 28.4 Å². The molecule has 0 amide bonds. The number of hydrogen-bond acceptors (Lipinski definition) is 2. The maximum Gasteiger partial charge on any atom is 0.0465 e. The van der Waals surface area contributed by atoms with Gasteiger partial charge in [-0.3, -0.25) is 4.21 Å². The average Bonchev–Trinajstić information content (AvgIpc) is 2.25. The SMILES string of the molecule is CC(CCS(C)=O)NCc1c(Cl)cccc1Cl. The molecule has 1 rings (SSSR count). The lowest BCUT2D eigenvalue weighted by molar-refractivity contribution is 0.535. The van der Waals surface area contributed by atoms with Gasteiger partial charge in [-0.05, 0) is 25.5 Å². The van der Waals surface area contributed by atoms with Crippen LogP contribution in [0.25, 0.3) is 0 Å². The highest BCUT2D eigenvalue weighted by molar-refractivity contribution is 7.84. The van der Waals surface area contributed by atoms with E-state index >= 15 is 0 Å². The van der Waals surface area contributed by atoms with E-state index in [9.17, 15) is 4.21 Å².